The summed E-state index contributed by atoms with van der Waals surface area (Å²) >= 11 is 0. The van der Waals surface area contributed by atoms with E-state index in [9.17, 15) is 14.0 Å². The number of benzene rings is 1. The van der Waals surface area contributed by atoms with Crippen LogP contribution in [-0.4, -0.2) is 65.4 Å². The first-order valence-corrected chi connectivity index (χ1v) is 11.2. The molecule has 0 radical (unpaired) electrons. The van der Waals surface area contributed by atoms with Crippen molar-refractivity contribution in [3.8, 4) is 0 Å². The molecular weight excluding hydrogens is 383 g/mol. The Bertz CT molecular complexity index is 799. The van der Waals surface area contributed by atoms with Crippen molar-refractivity contribution in [2.75, 3.05) is 25.0 Å². The van der Waals surface area contributed by atoms with Crippen LogP contribution in [0.5, 0.6) is 0 Å². The highest BCUT2D eigenvalue weighted by Crippen LogP contribution is 2.32. The average molecular weight is 417 g/mol. The molecule has 2 fully saturated rings. The summed E-state index contributed by atoms with van der Waals surface area (Å²) < 4.78 is 14.1. The van der Waals surface area contributed by atoms with Crippen LogP contribution in [0.4, 0.5) is 10.1 Å². The zero-order chi connectivity index (χ0) is 21.4. The van der Waals surface area contributed by atoms with Crippen LogP contribution in [0, 0.1) is 12.7 Å². The van der Waals surface area contributed by atoms with E-state index in [1.54, 1.807) is 13.0 Å². The molecule has 30 heavy (non-hydrogen) atoms. The Balaban J connectivity index is 1.34. The molecule has 0 spiro atoms. The number of halogens is 1. The minimum Gasteiger partial charge on any atom is -0.373 e. The number of rotatable bonds is 3. The molecule has 3 aliphatic rings. The molecule has 2 N–H and O–H groups in total. The van der Waals surface area contributed by atoms with E-state index >= 15 is 0 Å². The van der Waals surface area contributed by atoms with Gasteiger partial charge in [-0.2, -0.15) is 0 Å². The number of nitrogens with zero attached hydrogens (tertiary/aromatic N) is 2. The number of hydrogen-bond donors (Lipinski definition) is 2. The predicted molar refractivity (Wildman–Crippen MR) is 115 cm³/mol. The minimum absolute atomic E-state index is 0.0369. The third-order valence-corrected chi connectivity index (χ3v) is 7.09. The largest absolute Gasteiger partial charge is 0.373 e. The summed E-state index contributed by atoms with van der Waals surface area (Å²) in [5, 5.41) is 6.46. The van der Waals surface area contributed by atoms with Crippen LogP contribution in [0.25, 0.3) is 0 Å². The maximum atomic E-state index is 14.1. The highest BCUT2D eigenvalue weighted by molar-refractivity contribution is 5.88. The number of nitrogens with one attached hydrogen (secondary N) is 2. The Morgan fingerprint density at radius 1 is 1.23 bits per heavy atom. The number of fused-ring (bicyclic) bond motifs is 1. The van der Waals surface area contributed by atoms with Crippen molar-refractivity contribution in [1.29, 1.82) is 0 Å². The summed E-state index contributed by atoms with van der Waals surface area (Å²) in [6.07, 6.45) is 4.53. The lowest BCUT2D eigenvalue weighted by atomic mass is 9.88. The van der Waals surface area contributed by atoms with E-state index in [2.05, 4.69) is 22.5 Å². The molecule has 1 saturated heterocycles. The second-order valence-corrected chi connectivity index (χ2v) is 9.20. The smallest absolute Gasteiger partial charge is 0.243 e. The molecule has 1 aromatic rings. The molecule has 6 nitrogen and oxygen atoms in total. The van der Waals surface area contributed by atoms with Crippen LogP contribution < -0.4 is 10.6 Å². The zero-order valence-electron chi connectivity index (χ0n) is 18.2. The van der Waals surface area contributed by atoms with E-state index in [4.69, 9.17) is 0 Å². The van der Waals surface area contributed by atoms with E-state index < -0.39 is 6.04 Å². The lowest BCUT2D eigenvalue weighted by Crippen LogP contribution is -2.58. The maximum Gasteiger partial charge on any atom is 0.243 e. The van der Waals surface area contributed by atoms with Crippen molar-refractivity contribution in [2.45, 2.75) is 77.0 Å². The fourth-order valence-corrected chi connectivity index (χ4v) is 5.43. The maximum absolute atomic E-state index is 14.1. The number of carbonyl (C=O) groups is 2. The van der Waals surface area contributed by atoms with Gasteiger partial charge in [0.15, 0.2) is 0 Å². The van der Waals surface area contributed by atoms with E-state index in [0.717, 1.165) is 56.6 Å². The van der Waals surface area contributed by atoms with Gasteiger partial charge in [0.1, 0.15) is 11.9 Å². The fraction of sp³-hybridized carbons (Fsp3) is 0.652. The Labute approximate surface area is 178 Å². The van der Waals surface area contributed by atoms with Crippen molar-refractivity contribution in [3.63, 3.8) is 0 Å². The third kappa shape index (κ3) is 4.17. The summed E-state index contributed by atoms with van der Waals surface area (Å²) in [4.78, 5) is 29.0. The van der Waals surface area contributed by atoms with Crippen LogP contribution in [-0.2, 0) is 16.0 Å². The molecule has 2 aliphatic heterocycles. The lowest BCUT2D eigenvalue weighted by Gasteiger charge is -2.46. The van der Waals surface area contributed by atoms with Gasteiger partial charge in [-0.3, -0.25) is 14.5 Å². The van der Waals surface area contributed by atoms with Gasteiger partial charge in [-0.1, -0.05) is 6.07 Å². The minimum atomic E-state index is -0.408. The number of anilines is 1. The molecule has 7 heteroatoms. The summed E-state index contributed by atoms with van der Waals surface area (Å²) in [6, 6.07) is 3.73. The quantitative estimate of drug-likeness (QED) is 0.795. The topological polar surface area (TPSA) is 64.7 Å². The molecule has 2 heterocycles. The van der Waals surface area contributed by atoms with Crippen molar-refractivity contribution in [1.82, 2.24) is 15.1 Å². The first-order valence-electron chi connectivity index (χ1n) is 11.2. The highest BCUT2D eigenvalue weighted by atomic mass is 19.1. The van der Waals surface area contributed by atoms with Gasteiger partial charge in [0, 0.05) is 62.4 Å². The second-order valence-electron chi connectivity index (χ2n) is 9.20. The van der Waals surface area contributed by atoms with Gasteiger partial charge in [-0.15, -0.1) is 0 Å². The molecule has 0 bridgehead atoms. The molecule has 1 unspecified atom stereocenters. The normalized spacial score (nSPS) is 29.3. The third-order valence-electron chi connectivity index (χ3n) is 7.09. The van der Waals surface area contributed by atoms with Crippen LogP contribution in [0.3, 0.4) is 0 Å². The lowest BCUT2D eigenvalue weighted by molar-refractivity contribution is -0.132. The molecule has 1 aromatic carbocycles. The van der Waals surface area contributed by atoms with Crippen LogP contribution in [0.1, 0.15) is 50.7 Å². The van der Waals surface area contributed by atoms with Crippen LogP contribution >= 0.6 is 0 Å². The van der Waals surface area contributed by atoms with Gasteiger partial charge < -0.3 is 15.5 Å². The van der Waals surface area contributed by atoms with E-state index in [1.165, 1.54) is 6.07 Å². The first kappa shape index (κ1) is 21.1. The molecule has 164 valence electrons. The predicted octanol–water partition coefficient (Wildman–Crippen LogP) is 2.45. The van der Waals surface area contributed by atoms with Crippen LogP contribution in [0.15, 0.2) is 12.1 Å². The Morgan fingerprint density at radius 3 is 2.73 bits per heavy atom. The zero-order valence-corrected chi connectivity index (χ0v) is 18.2. The average Bonchev–Trinajstić information content (AvgIpc) is 3.18. The van der Waals surface area contributed by atoms with Gasteiger partial charge in [0.2, 0.25) is 11.8 Å². The summed E-state index contributed by atoms with van der Waals surface area (Å²) in [6.45, 7) is 8.21. The van der Waals surface area contributed by atoms with Gasteiger partial charge >= 0.3 is 0 Å². The second kappa shape index (κ2) is 8.53. The summed E-state index contributed by atoms with van der Waals surface area (Å²) in [7, 11) is 0. The Morgan fingerprint density at radius 2 is 2.03 bits per heavy atom. The molecular formula is C23H33FN4O2. The van der Waals surface area contributed by atoms with Crippen molar-refractivity contribution in [3.05, 3.63) is 29.1 Å². The number of amides is 2. The SMILES string of the molecule is CC(=O)N1CCN([C@H]2CCC[C@@H](NC(=O)C3Cc4c(F)ccc(C)c4N3)C2)[C@H](C)C1. The molecule has 2 amide bonds. The number of carbonyl (C=O) groups excluding carboxylic acids is 2. The monoisotopic (exact) mass is 416 g/mol. The van der Waals surface area contributed by atoms with Gasteiger partial charge in [-0.05, 0) is 51.2 Å². The van der Waals surface area contributed by atoms with Gasteiger partial charge in [0.25, 0.3) is 0 Å². The number of aryl methyl sites for hydroxylation is 1. The fourth-order valence-electron chi connectivity index (χ4n) is 5.43. The highest BCUT2D eigenvalue weighted by Gasteiger charge is 2.35. The van der Waals surface area contributed by atoms with E-state index in [1.807, 2.05) is 11.8 Å². The van der Waals surface area contributed by atoms with Crippen molar-refractivity contribution < 1.29 is 14.0 Å². The van der Waals surface area contributed by atoms with Crippen LogP contribution in [0.2, 0.25) is 0 Å². The number of hydrogen-bond acceptors (Lipinski definition) is 4. The molecule has 1 saturated carbocycles. The molecule has 1 aliphatic carbocycles. The summed E-state index contributed by atoms with van der Waals surface area (Å²) in [5.41, 5.74) is 2.36. The number of piperazine rings is 1. The van der Waals surface area contributed by atoms with Gasteiger partial charge in [0.05, 0.1) is 0 Å². The molecule has 0 aromatic heterocycles. The Kier molecular flexibility index (Phi) is 6.00. The first-order chi connectivity index (χ1) is 14.3. The van der Waals surface area contributed by atoms with E-state index in [0.29, 0.717) is 24.1 Å². The standard InChI is InChI=1S/C23H33FN4O2/c1-14-7-8-20(24)19-12-21(26-22(14)19)23(30)25-17-5-4-6-18(11-17)28-10-9-27(16(3)29)13-15(28)2/h7-8,15,17-18,21,26H,4-6,9-13H2,1-3H3,(H,25,30)/t15-,17-,18+,21?/m1/s1. The van der Waals surface area contributed by atoms with E-state index in [-0.39, 0.29) is 23.7 Å². The molecule has 4 rings (SSSR count). The Hall–Kier alpha value is -2.15. The van der Waals surface area contributed by atoms with Gasteiger partial charge in [-0.25, -0.2) is 4.39 Å². The van der Waals surface area contributed by atoms with Crippen molar-refractivity contribution in [2.24, 2.45) is 0 Å². The summed E-state index contributed by atoms with van der Waals surface area (Å²) in [5.74, 6) is -0.132. The molecule has 4 atom stereocenters. The van der Waals surface area contributed by atoms with Crippen molar-refractivity contribution >= 4 is 17.5 Å².